The SMILES string of the molecule is O=c1cc(C2CC2)oc(C2CC2)c1. The molecule has 2 fully saturated rings. The maximum atomic E-state index is 11.3. The van der Waals surface area contributed by atoms with E-state index >= 15 is 0 Å². The molecule has 0 amide bonds. The Labute approximate surface area is 76.6 Å². The zero-order valence-electron chi connectivity index (χ0n) is 7.45. The summed E-state index contributed by atoms with van der Waals surface area (Å²) in [4.78, 5) is 11.3. The van der Waals surface area contributed by atoms with Crippen molar-refractivity contribution in [3.05, 3.63) is 33.9 Å². The highest BCUT2D eigenvalue weighted by molar-refractivity contribution is 5.18. The van der Waals surface area contributed by atoms with Crippen LogP contribution in [0.1, 0.15) is 49.0 Å². The van der Waals surface area contributed by atoms with E-state index in [0.717, 1.165) is 11.5 Å². The van der Waals surface area contributed by atoms with Crippen LogP contribution in [0.2, 0.25) is 0 Å². The molecule has 0 aromatic carbocycles. The maximum absolute atomic E-state index is 11.3. The summed E-state index contributed by atoms with van der Waals surface area (Å²) in [5.74, 6) is 2.95. The molecule has 0 radical (unpaired) electrons. The summed E-state index contributed by atoms with van der Waals surface area (Å²) in [7, 11) is 0. The van der Waals surface area contributed by atoms with Gasteiger partial charge in [-0.15, -0.1) is 0 Å². The summed E-state index contributed by atoms with van der Waals surface area (Å²) in [6.45, 7) is 0. The summed E-state index contributed by atoms with van der Waals surface area (Å²) in [6.07, 6.45) is 4.77. The van der Waals surface area contributed by atoms with E-state index in [1.165, 1.54) is 25.7 Å². The molecule has 2 heteroatoms. The first kappa shape index (κ1) is 7.36. The highest BCUT2D eigenvalue weighted by Crippen LogP contribution is 2.43. The van der Waals surface area contributed by atoms with Crippen LogP contribution >= 0.6 is 0 Å². The summed E-state index contributed by atoms with van der Waals surface area (Å²) in [5, 5.41) is 0. The minimum Gasteiger partial charge on any atom is -0.465 e. The first-order chi connectivity index (χ1) is 6.33. The predicted octanol–water partition coefficient (Wildman–Crippen LogP) is 2.39. The second-order valence-electron chi connectivity index (χ2n) is 4.15. The first-order valence-corrected chi connectivity index (χ1v) is 4.98. The van der Waals surface area contributed by atoms with Gasteiger partial charge in [0.15, 0.2) is 5.43 Å². The molecule has 2 nitrogen and oxygen atoms in total. The van der Waals surface area contributed by atoms with Crippen LogP contribution in [-0.4, -0.2) is 0 Å². The van der Waals surface area contributed by atoms with Gasteiger partial charge in [0.25, 0.3) is 0 Å². The zero-order chi connectivity index (χ0) is 8.84. The van der Waals surface area contributed by atoms with Crippen molar-refractivity contribution < 1.29 is 4.42 Å². The Balaban J connectivity index is 2.04. The molecule has 0 N–H and O–H groups in total. The third kappa shape index (κ3) is 1.41. The largest absolute Gasteiger partial charge is 0.465 e. The van der Waals surface area contributed by atoms with E-state index in [4.69, 9.17) is 4.42 Å². The van der Waals surface area contributed by atoms with Crippen LogP contribution in [0.3, 0.4) is 0 Å². The molecule has 68 valence electrons. The van der Waals surface area contributed by atoms with E-state index in [1.54, 1.807) is 12.1 Å². The van der Waals surface area contributed by atoms with Crippen LogP contribution in [0.5, 0.6) is 0 Å². The summed E-state index contributed by atoms with van der Waals surface area (Å²) in [6, 6.07) is 3.31. The Bertz CT molecular complexity index is 350. The van der Waals surface area contributed by atoms with Gasteiger partial charge in [-0.25, -0.2) is 0 Å². The van der Waals surface area contributed by atoms with Gasteiger partial charge in [0, 0.05) is 24.0 Å². The van der Waals surface area contributed by atoms with Crippen LogP contribution in [-0.2, 0) is 0 Å². The Morgan fingerprint density at radius 1 is 1.00 bits per heavy atom. The van der Waals surface area contributed by atoms with Gasteiger partial charge < -0.3 is 4.42 Å². The lowest BCUT2D eigenvalue weighted by molar-refractivity contribution is 0.448. The molecule has 0 aliphatic heterocycles. The maximum Gasteiger partial charge on any atom is 0.185 e. The van der Waals surface area contributed by atoms with E-state index in [1.807, 2.05) is 0 Å². The van der Waals surface area contributed by atoms with Gasteiger partial charge in [0.05, 0.1) is 0 Å². The second kappa shape index (κ2) is 2.47. The number of rotatable bonds is 2. The molecule has 1 heterocycles. The van der Waals surface area contributed by atoms with Crippen molar-refractivity contribution in [2.75, 3.05) is 0 Å². The molecule has 1 aromatic rings. The third-order valence-corrected chi connectivity index (χ3v) is 2.76. The van der Waals surface area contributed by atoms with Crippen LogP contribution < -0.4 is 5.43 Å². The van der Waals surface area contributed by atoms with Gasteiger partial charge >= 0.3 is 0 Å². The zero-order valence-corrected chi connectivity index (χ0v) is 7.45. The van der Waals surface area contributed by atoms with E-state index in [-0.39, 0.29) is 5.43 Å². The molecule has 2 saturated carbocycles. The van der Waals surface area contributed by atoms with Crippen LogP contribution in [0.25, 0.3) is 0 Å². The first-order valence-electron chi connectivity index (χ1n) is 4.98. The summed E-state index contributed by atoms with van der Waals surface area (Å²) < 4.78 is 5.71. The monoisotopic (exact) mass is 176 g/mol. The van der Waals surface area contributed by atoms with Gasteiger partial charge in [-0.05, 0) is 25.7 Å². The topological polar surface area (TPSA) is 30.2 Å². The molecule has 0 atom stereocenters. The molecule has 13 heavy (non-hydrogen) atoms. The quantitative estimate of drug-likeness (QED) is 0.692. The molecule has 0 unspecified atom stereocenters. The van der Waals surface area contributed by atoms with Crippen molar-refractivity contribution in [1.82, 2.24) is 0 Å². The van der Waals surface area contributed by atoms with E-state index < -0.39 is 0 Å². The lowest BCUT2D eigenvalue weighted by atomic mass is 10.2. The minimum atomic E-state index is 0.120. The van der Waals surface area contributed by atoms with E-state index in [2.05, 4.69) is 0 Å². The molecule has 0 spiro atoms. The number of hydrogen-bond acceptors (Lipinski definition) is 2. The molecule has 3 rings (SSSR count). The highest BCUT2D eigenvalue weighted by atomic mass is 16.3. The molecule has 0 bridgehead atoms. The standard InChI is InChI=1S/C11H12O2/c12-9-5-10(7-1-2-7)13-11(6-9)8-3-4-8/h5-8H,1-4H2. The number of hydrogen-bond donors (Lipinski definition) is 0. The lowest BCUT2D eigenvalue weighted by Crippen LogP contribution is -2.01. The summed E-state index contributed by atoms with van der Waals surface area (Å²) in [5.41, 5.74) is 0.120. The van der Waals surface area contributed by atoms with E-state index in [0.29, 0.717) is 11.8 Å². The smallest absolute Gasteiger partial charge is 0.185 e. The highest BCUT2D eigenvalue weighted by Gasteiger charge is 2.30. The van der Waals surface area contributed by atoms with Crippen molar-refractivity contribution in [3.8, 4) is 0 Å². The minimum absolute atomic E-state index is 0.120. The van der Waals surface area contributed by atoms with Crippen LogP contribution in [0.4, 0.5) is 0 Å². The Morgan fingerprint density at radius 2 is 1.46 bits per heavy atom. The molecule has 2 aliphatic rings. The third-order valence-electron chi connectivity index (χ3n) is 2.76. The Hall–Kier alpha value is -1.05. The average molecular weight is 176 g/mol. The van der Waals surface area contributed by atoms with Gasteiger partial charge in [0.2, 0.25) is 0 Å². The van der Waals surface area contributed by atoms with Crippen molar-refractivity contribution in [3.63, 3.8) is 0 Å². The van der Waals surface area contributed by atoms with Crippen molar-refractivity contribution in [2.24, 2.45) is 0 Å². The predicted molar refractivity (Wildman–Crippen MR) is 48.9 cm³/mol. The van der Waals surface area contributed by atoms with Gasteiger partial charge in [-0.2, -0.15) is 0 Å². The Kier molecular flexibility index (Phi) is 1.40. The van der Waals surface area contributed by atoms with E-state index in [9.17, 15) is 4.79 Å². The van der Waals surface area contributed by atoms with Crippen molar-refractivity contribution >= 4 is 0 Å². The van der Waals surface area contributed by atoms with Gasteiger partial charge in [-0.3, -0.25) is 4.79 Å². The average Bonchev–Trinajstić information content (AvgIpc) is 2.98. The lowest BCUT2D eigenvalue weighted by Gasteiger charge is -2.00. The van der Waals surface area contributed by atoms with Crippen molar-refractivity contribution in [2.45, 2.75) is 37.5 Å². The molecular weight excluding hydrogens is 164 g/mol. The Morgan fingerprint density at radius 3 is 1.85 bits per heavy atom. The molecule has 0 saturated heterocycles. The fourth-order valence-electron chi connectivity index (χ4n) is 1.66. The summed E-state index contributed by atoms with van der Waals surface area (Å²) >= 11 is 0. The molecule has 1 aromatic heterocycles. The van der Waals surface area contributed by atoms with Crippen LogP contribution in [0.15, 0.2) is 21.3 Å². The van der Waals surface area contributed by atoms with Gasteiger partial charge in [-0.1, -0.05) is 0 Å². The molecule has 2 aliphatic carbocycles. The fraction of sp³-hybridized carbons (Fsp3) is 0.545. The second-order valence-corrected chi connectivity index (χ2v) is 4.15. The van der Waals surface area contributed by atoms with Crippen LogP contribution in [0, 0.1) is 0 Å². The normalized spacial score (nSPS) is 21.8. The fourth-order valence-corrected chi connectivity index (χ4v) is 1.66. The van der Waals surface area contributed by atoms with Crippen molar-refractivity contribution in [1.29, 1.82) is 0 Å². The van der Waals surface area contributed by atoms with Gasteiger partial charge in [0.1, 0.15) is 11.5 Å². The molecular formula is C11H12O2.